The Morgan fingerprint density at radius 1 is 1.27 bits per heavy atom. The lowest BCUT2D eigenvalue weighted by Crippen LogP contribution is -2.03. The molecule has 0 unspecified atom stereocenters. The van der Waals surface area contributed by atoms with Crippen molar-refractivity contribution in [1.29, 1.82) is 0 Å². The molecule has 0 bridgehead atoms. The number of hydrogen-bond donors (Lipinski definition) is 0. The summed E-state index contributed by atoms with van der Waals surface area (Å²) in [7, 11) is 0. The smallest absolute Gasteiger partial charge is 0.137 e. The van der Waals surface area contributed by atoms with Crippen molar-refractivity contribution in [2.45, 2.75) is 33.1 Å². The number of carbonyl (C=O) groups is 1. The zero-order chi connectivity index (χ0) is 11.3. The predicted molar refractivity (Wildman–Crippen MR) is 63.9 cm³/mol. The van der Waals surface area contributed by atoms with E-state index in [2.05, 4.69) is 6.58 Å². The molecule has 1 rings (SSSR count). The van der Waals surface area contributed by atoms with E-state index in [4.69, 9.17) is 0 Å². The van der Waals surface area contributed by atoms with Gasteiger partial charge in [-0.2, -0.15) is 0 Å². The maximum absolute atomic E-state index is 11.6. The van der Waals surface area contributed by atoms with Gasteiger partial charge in [-0.05, 0) is 31.4 Å². The molecule has 1 aromatic carbocycles. The Morgan fingerprint density at radius 2 is 1.93 bits per heavy atom. The molecule has 0 radical (unpaired) electrons. The van der Waals surface area contributed by atoms with Crippen LogP contribution in [0, 0.1) is 6.92 Å². The molecule has 0 spiro atoms. The second kappa shape index (κ2) is 5.50. The van der Waals surface area contributed by atoms with E-state index >= 15 is 0 Å². The van der Waals surface area contributed by atoms with Gasteiger partial charge in [0.05, 0.1) is 0 Å². The van der Waals surface area contributed by atoms with Crippen molar-refractivity contribution in [3.63, 3.8) is 0 Å². The molecule has 0 amide bonds. The van der Waals surface area contributed by atoms with Crippen LogP contribution in [-0.2, 0) is 11.2 Å². The molecule has 0 heterocycles. The number of allylic oxidation sites excluding steroid dienone is 1. The van der Waals surface area contributed by atoms with Gasteiger partial charge in [0.25, 0.3) is 0 Å². The van der Waals surface area contributed by atoms with Gasteiger partial charge in [0.1, 0.15) is 5.78 Å². The highest BCUT2D eigenvalue weighted by Crippen LogP contribution is 2.10. The molecule has 15 heavy (non-hydrogen) atoms. The van der Waals surface area contributed by atoms with Crippen molar-refractivity contribution in [2.75, 3.05) is 0 Å². The summed E-state index contributed by atoms with van der Waals surface area (Å²) in [5.74, 6) is 0.298. The summed E-state index contributed by atoms with van der Waals surface area (Å²) < 4.78 is 0. The first-order chi connectivity index (χ1) is 7.09. The standard InChI is InChI=1S/C14H18O/c1-11(2)8-9-14(15)10-13-7-5-4-6-12(13)3/h4-7H,1,8-10H2,2-3H3. The van der Waals surface area contributed by atoms with Crippen molar-refractivity contribution in [2.24, 2.45) is 0 Å². The fourth-order valence-corrected chi connectivity index (χ4v) is 1.46. The zero-order valence-electron chi connectivity index (χ0n) is 9.55. The maximum atomic E-state index is 11.6. The van der Waals surface area contributed by atoms with Crippen LogP contribution in [0.15, 0.2) is 36.4 Å². The largest absolute Gasteiger partial charge is 0.299 e. The molecule has 80 valence electrons. The fourth-order valence-electron chi connectivity index (χ4n) is 1.46. The third-order valence-electron chi connectivity index (χ3n) is 2.48. The third-order valence-corrected chi connectivity index (χ3v) is 2.48. The molecule has 1 heteroatoms. The van der Waals surface area contributed by atoms with Crippen LogP contribution in [0.5, 0.6) is 0 Å². The minimum atomic E-state index is 0.298. The van der Waals surface area contributed by atoms with Crippen LogP contribution in [-0.4, -0.2) is 5.78 Å². The van der Waals surface area contributed by atoms with Gasteiger partial charge in [-0.3, -0.25) is 4.79 Å². The summed E-state index contributed by atoms with van der Waals surface area (Å²) in [6.45, 7) is 7.80. The average molecular weight is 202 g/mol. The lowest BCUT2D eigenvalue weighted by atomic mass is 10.0. The summed E-state index contributed by atoms with van der Waals surface area (Å²) >= 11 is 0. The summed E-state index contributed by atoms with van der Waals surface area (Å²) in [5.41, 5.74) is 3.42. The van der Waals surface area contributed by atoms with E-state index in [1.807, 2.05) is 38.1 Å². The SMILES string of the molecule is C=C(C)CCC(=O)Cc1ccccc1C. The van der Waals surface area contributed by atoms with E-state index in [0.29, 0.717) is 18.6 Å². The molecule has 0 aromatic heterocycles. The van der Waals surface area contributed by atoms with Gasteiger partial charge < -0.3 is 0 Å². The van der Waals surface area contributed by atoms with Gasteiger partial charge >= 0.3 is 0 Å². The highest BCUT2D eigenvalue weighted by Gasteiger charge is 2.05. The first kappa shape index (κ1) is 11.7. The van der Waals surface area contributed by atoms with E-state index < -0.39 is 0 Å². The van der Waals surface area contributed by atoms with Crippen LogP contribution in [0.25, 0.3) is 0 Å². The number of benzene rings is 1. The summed E-state index contributed by atoms with van der Waals surface area (Å²) in [4.78, 5) is 11.6. The Hall–Kier alpha value is -1.37. The van der Waals surface area contributed by atoms with E-state index in [1.54, 1.807) is 0 Å². The molecular weight excluding hydrogens is 184 g/mol. The molecule has 0 saturated carbocycles. The van der Waals surface area contributed by atoms with E-state index in [9.17, 15) is 4.79 Å². The molecule has 0 aliphatic carbocycles. The van der Waals surface area contributed by atoms with Crippen LogP contribution >= 0.6 is 0 Å². The minimum absolute atomic E-state index is 0.298. The van der Waals surface area contributed by atoms with Gasteiger partial charge in [-0.1, -0.05) is 29.8 Å². The van der Waals surface area contributed by atoms with Crippen molar-refractivity contribution in [3.8, 4) is 0 Å². The number of aryl methyl sites for hydroxylation is 1. The Bertz CT molecular complexity index is 363. The zero-order valence-corrected chi connectivity index (χ0v) is 9.55. The number of rotatable bonds is 5. The first-order valence-electron chi connectivity index (χ1n) is 5.30. The normalized spacial score (nSPS) is 10.0. The summed E-state index contributed by atoms with van der Waals surface area (Å²) in [6, 6.07) is 8.04. The van der Waals surface area contributed by atoms with Crippen molar-refractivity contribution in [1.82, 2.24) is 0 Å². The monoisotopic (exact) mass is 202 g/mol. The van der Waals surface area contributed by atoms with E-state index in [-0.39, 0.29) is 0 Å². The fraction of sp³-hybridized carbons (Fsp3) is 0.357. The lowest BCUT2D eigenvalue weighted by molar-refractivity contribution is -0.118. The van der Waals surface area contributed by atoms with Crippen LogP contribution in [0.1, 0.15) is 30.9 Å². The topological polar surface area (TPSA) is 17.1 Å². The molecule has 0 fully saturated rings. The molecular formula is C14H18O. The molecule has 1 aromatic rings. The van der Waals surface area contributed by atoms with Gasteiger partial charge in [-0.15, -0.1) is 6.58 Å². The van der Waals surface area contributed by atoms with Crippen molar-refractivity contribution >= 4 is 5.78 Å². The van der Waals surface area contributed by atoms with Gasteiger partial charge in [-0.25, -0.2) is 0 Å². The Labute approximate surface area is 91.8 Å². The highest BCUT2D eigenvalue weighted by atomic mass is 16.1. The predicted octanol–water partition coefficient (Wildman–Crippen LogP) is 3.46. The Balaban J connectivity index is 2.52. The summed E-state index contributed by atoms with van der Waals surface area (Å²) in [6.07, 6.45) is 1.98. The van der Waals surface area contributed by atoms with Crippen LogP contribution in [0.3, 0.4) is 0 Å². The number of Topliss-reactive ketones (excluding diaryl/α,β-unsaturated/α-hetero) is 1. The maximum Gasteiger partial charge on any atom is 0.137 e. The van der Waals surface area contributed by atoms with Crippen molar-refractivity contribution in [3.05, 3.63) is 47.5 Å². The number of carbonyl (C=O) groups excluding carboxylic acids is 1. The quantitative estimate of drug-likeness (QED) is 0.668. The molecule has 0 atom stereocenters. The van der Waals surface area contributed by atoms with E-state index in [1.165, 1.54) is 5.56 Å². The molecule has 0 aliphatic rings. The Morgan fingerprint density at radius 3 is 2.53 bits per heavy atom. The minimum Gasteiger partial charge on any atom is -0.299 e. The molecule has 0 saturated heterocycles. The molecule has 0 N–H and O–H groups in total. The lowest BCUT2D eigenvalue weighted by Gasteiger charge is -2.04. The Kier molecular flexibility index (Phi) is 4.29. The van der Waals surface area contributed by atoms with Crippen LogP contribution < -0.4 is 0 Å². The second-order valence-electron chi connectivity index (χ2n) is 4.10. The van der Waals surface area contributed by atoms with Crippen LogP contribution in [0.4, 0.5) is 0 Å². The first-order valence-corrected chi connectivity index (χ1v) is 5.30. The molecule has 1 nitrogen and oxygen atoms in total. The van der Waals surface area contributed by atoms with E-state index in [0.717, 1.165) is 17.6 Å². The van der Waals surface area contributed by atoms with Gasteiger partial charge in [0.2, 0.25) is 0 Å². The van der Waals surface area contributed by atoms with Crippen molar-refractivity contribution < 1.29 is 4.79 Å². The number of hydrogen-bond acceptors (Lipinski definition) is 1. The average Bonchev–Trinajstić information content (AvgIpc) is 2.18. The summed E-state index contributed by atoms with van der Waals surface area (Å²) in [5, 5.41) is 0. The third kappa shape index (κ3) is 4.11. The number of ketones is 1. The van der Waals surface area contributed by atoms with Crippen LogP contribution in [0.2, 0.25) is 0 Å². The highest BCUT2D eigenvalue weighted by molar-refractivity contribution is 5.81. The second-order valence-corrected chi connectivity index (χ2v) is 4.10. The van der Waals surface area contributed by atoms with Gasteiger partial charge in [0, 0.05) is 12.8 Å². The van der Waals surface area contributed by atoms with Gasteiger partial charge in [0.15, 0.2) is 0 Å². The molecule has 0 aliphatic heterocycles.